The van der Waals surface area contributed by atoms with Crippen molar-refractivity contribution in [2.45, 2.75) is 70.8 Å². The van der Waals surface area contributed by atoms with Crippen molar-refractivity contribution in [2.24, 2.45) is 12.0 Å². The average molecular weight is 420 g/mol. The molecule has 1 unspecified atom stereocenters. The lowest BCUT2D eigenvalue weighted by molar-refractivity contribution is 0.301. The Labute approximate surface area is 187 Å². The van der Waals surface area contributed by atoms with Crippen LogP contribution in [0.15, 0.2) is 69.8 Å². The number of nitrogens with zero attached hydrogens (tertiary/aromatic N) is 3. The molecule has 3 aliphatic rings. The molecular weight excluding hydrogens is 382 g/mol. The van der Waals surface area contributed by atoms with Gasteiger partial charge in [0, 0.05) is 32.1 Å². The van der Waals surface area contributed by atoms with Crippen LogP contribution < -0.4 is 0 Å². The third-order valence-electron chi connectivity index (χ3n) is 6.92. The fourth-order valence-electron chi connectivity index (χ4n) is 5.02. The van der Waals surface area contributed by atoms with Crippen molar-refractivity contribution in [3.8, 4) is 0 Å². The van der Waals surface area contributed by atoms with Crippen LogP contribution in [-0.2, 0) is 11.8 Å². The quantitative estimate of drug-likeness (QED) is 0.543. The fourth-order valence-corrected chi connectivity index (χ4v) is 5.02. The maximum absolute atomic E-state index is 5.75. The Morgan fingerprint density at radius 3 is 2.65 bits per heavy atom. The largest absolute Gasteiger partial charge is 0.494 e. The summed E-state index contributed by atoms with van der Waals surface area (Å²) < 4.78 is 7.86. The van der Waals surface area contributed by atoms with Gasteiger partial charge in [-0.1, -0.05) is 31.8 Å². The molecule has 0 amide bonds. The van der Waals surface area contributed by atoms with E-state index in [-0.39, 0.29) is 6.04 Å². The van der Waals surface area contributed by atoms with Crippen LogP contribution in [0, 0.1) is 0 Å². The van der Waals surface area contributed by atoms with Crippen molar-refractivity contribution >= 4 is 5.71 Å². The number of unbranched alkanes of at least 4 members (excludes halogenated alkanes) is 1. The van der Waals surface area contributed by atoms with Gasteiger partial charge in [-0.2, -0.15) is 0 Å². The number of hydrogen-bond acceptors (Lipinski definition) is 3. The second kappa shape index (κ2) is 9.76. The van der Waals surface area contributed by atoms with Gasteiger partial charge in [-0.15, -0.1) is 0 Å². The first-order valence-electron chi connectivity index (χ1n) is 12.0. The van der Waals surface area contributed by atoms with Gasteiger partial charge in [-0.05, 0) is 68.4 Å². The van der Waals surface area contributed by atoms with Gasteiger partial charge in [0.25, 0.3) is 0 Å². The number of ether oxygens (including phenoxy) is 1. The molecule has 0 aromatic carbocycles. The van der Waals surface area contributed by atoms with Crippen LogP contribution >= 0.6 is 0 Å². The van der Waals surface area contributed by atoms with E-state index in [0.29, 0.717) is 0 Å². The second-order valence-corrected chi connectivity index (χ2v) is 9.03. The fraction of sp³-hybridized carbons (Fsp3) is 0.519. The maximum atomic E-state index is 5.75. The van der Waals surface area contributed by atoms with E-state index in [0.717, 1.165) is 22.9 Å². The molecule has 4 heteroatoms. The Balaban J connectivity index is 1.73. The van der Waals surface area contributed by atoms with Gasteiger partial charge in [0.1, 0.15) is 11.5 Å². The lowest BCUT2D eigenvalue weighted by atomic mass is 9.92. The van der Waals surface area contributed by atoms with E-state index in [1.165, 1.54) is 69.1 Å². The van der Waals surface area contributed by atoms with Crippen LogP contribution in [0.5, 0.6) is 0 Å². The van der Waals surface area contributed by atoms with Gasteiger partial charge in [0.2, 0.25) is 0 Å². The molecule has 1 aliphatic carbocycles. The molecule has 1 aromatic rings. The van der Waals surface area contributed by atoms with Crippen molar-refractivity contribution in [1.82, 2.24) is 9.47 Å². The summed E-state index contributed by atoms with van der Waals surface area (Å²) in [5.41, 5.74) is 7.67. The summed E-state index contributed by atoms with van der Waals surface area (Å²) in [6.45, 7) is 2.29. The zero-order valence-corrected chi connectivity index (χ0v) is 19.7. The zero-order chi connectivity index (χ0) is 21.8. The minimum absolute atomic E-state index is 0.241. The zero-order valence-electron chi connectivity index (χ0n) is 19.7. The first-order chi connectivity index (χ1) is 15.1. The number of rotatable bonds is 6. The highest BCUT2D eigenvalue weighted by Crippen LogP contribution is 2.37. The van der Waals surface area contributed by atoms with Crippen molar-refractivity contribution in [3.63, 3.8) is 0 Å². The first-order valence-corrected chi connectivity index (χ1v) is 12.0. The molecule has 4 rings (SSSR count). The highest BCUT2D eigenvalue weighted by molar-refractivity contribution is 6.10. The summed E-state index contributed by atoms with van der Waals surface area (Å²) in [6.07, 6.45) is 20.4. The second-order valence-electron chi connectivity index (χ2n) is 9.03. The minimum atomic E-state index is 0.241. The number of aromatic nitrogens is 1. The van der Waals surface area contributed by atoms with Crippen molar-refractivity contribution in [1.29, 1.82) is 0 Å². The number of allylic oxidation sites excluding steroid dienone is 3. The number of aliphatic imine (C=N–C) groups is 1. The predicted molar refractivity (Wildman–Crippen MR) is 129 cm³/mol. The molecule has 166 valence electrons. The third kappa shape index (κ3) is 4.58. The Morgan fingerprint density at radius 1 is 1.13 bits per heavy atom. The van der Waals surface area contributed by atoms with Crippen molar-refractivity contribution in [2.75, 3.05) is 14.2 Å². The van der Waals surface area contributed by atoms with E-state index in [9.17, 15) is 0 Å². The molecule has 2 bridgehead atoms. The molecule has 0 spiro atoms. The van der Waals surface area contributed by atoms with Gasteiger partial charge < -0.3 is 14.2 Å². The van der Waals surface area contributed by atoms with Crippen LogP contribution in [0.2, 0.25) is 0 Å². The molecule has 31 heavy (non-hydrogen) atoms. The topological polar surface area (TPSA) is 29.8 Å². The van der Waals surface area contributed by atoms with Gasteiger partial charge in [-0.3, -0.25) is 0 Å². The van der Waals surface area contributed by atoms with E-state index in [1.54, 1.807) is 12.7 Å². The normalized spacial score (nSPS) is 23.2. The Hall–Kier alpha value is -2.49. The molecule has 0 saturated carbocycles. The van der Waals surface area contributed by atoms with E-state index in [1.807, 2.05) is 0 Å². The number of fused-ring (bicyclic) bond motifs is 1. The SMILES string of the molecule is CCCCC1=C2C=C(CCCCCC1)N(C)C2C=C1N=C(c2cccn2C)C=C1OC. The molecular formula is C27H37N3O. The molecule has 2 aliphatic heterocycles. The van der Waals surface area contributed by atoms with Gasteiger partial charge >= 0.3 is 0 Å². The van der Waals surface area contributed by atoms with Gasteiger partial charge in [0.15, 0.2) is 0 Å². The molecule has 0 saturated heterocycles. The van der Waals surface area contributed by atoms with Gasteiger partial charge in [-0.25, -0.2) is 4.99 Å². The van der Waals surface area contributed by atoms with Crippen LogP contribution in [-0.4, -0.2) is 35.4 Å². The van der Waals surface area contributed by atoms with Crippen molar-refractivity contribution in [3.05, 3.63) is 70.6 Å². The monoisotopic (exact) mass is 419 g/mol. The third-order valence-corrected chi connectivity index (χ3v) is 6.92. The summed E-state index contributed by atoms with van der Waals surface area (Å²) in [5, 5.41) is 0. The Bertz CT molecular complexity index is 957. The molecule has 4 nitrogen and oxygen atoms in total. The average Bonchev–Trinajstić information content (AvgIpc) is 3.46. The number of aryl methyl sites for hydroxylation is 1. The van der Waals surface area contributed by atoms with E-state index >= 15 is 0 Å². The summed E-state index contributed by atoms with van der Waals surface area (Å²) in [7, 11) is 6.06. The predicted octanol–water partition coefficient (Wildman–Crippen LogP) is 6.28. The molecule has 1 aromatic heterocycles. The minimum Gasteiger partial charge on any atom is -0.494 e. The number of likely N-dealkylation sites (N-methyl/N-ethyl adjacent to an activating group) is 1. The van der Waals surface area contributed by atoms with E-state index in [2.05, 4.69) is 67.0 Å². The molecule has 0 N–H and O–H groups in total. The van der Waals surface area contributed by atoms with E-state index < -0.39 is 0 Å². The molecule has 0 radical (unpaired) electrons. The Morgan fingerprint density at radius 2 is 1.94 bits per heavy atom. The van der Waals surface area contributed by atoms with Crippen LogP contribution in [0.3, 0.4) is 0 Å². The summed E-state index contributed by atoms with van der Waals surface area (Å²) in [6, 6.07) is 4.41. The molecule has 1 atom stereocenters. The molecule has 0 fully saturated rings. The highest BCUT2D eigenvalue weighted by Gasteiger charge is 2.30. The van der Waals surface area contributed by atoms with Crippen molar-refractivity contribution < 1.29 is 4.74 Å². The maximum Gasteiger partial charge on any atom is 0.146 e. The lowest BCUT2D eigenvalue weighted by Gasteiger charge is -2.25. The lowest BCUT2D eigenvalue weighted by Crippen LogP contribution is -2.26. The van der Waals surface area contributed by atoms with E-state index in [4.69, 9.17) is 9.73 Å². The van der Waals surface area contributed by atoms with Crippen LogP contribution in [0.4, 0.5) is 0 Å². The van der Waals surface area contributed by atoms with Crippen LogP contribution in [0.25, 0.3) is 0 Å². The standard InChI is InChI=1S/C27H37N3O/c1-5-6-12-20-13-9-7-8-10-14-21-17-22(20)26(30(21)3)18-24-27(31-4)19-23(28-24)25-15-11-16-29(25)2/h11,15-19,26H,5-10,12-14H2,1-4H3. The molecule has 3 heterocycles. The summed E-state index contributed by atoms with van der Waals surface area (Å²) >= 11 is 0. The summed E-state index contributed by atoms with van der Waals surface area (Å²) in [4.78, 5) is 7.47. The highest BCUT2D eigenvalue weighted by atomic mass is 16.5. The van der Waals surface area contributed by atoms with Crippen LogP contribution in [0.1, 0.15) is 70.4 Å². The van der Waals surface area contributed by atoms with Gasteiger partial charge in [0.05, 0.1) is 24.6 Å². The first kappa shape index (κ1) is 21.7. The smallest absolute Gasteiger partial charge is 0.146 e. The Kier molecular flexibility index (Phi) is 6.84. The number of hydrogen-bond donors (Lipinski definition) is 0. The summed E-state index contributed by atoms with van der Waals surface area (Å²) in [5.74, 6) is 0.858. The number of methoxy groups -OCH3 is 1.